The van der Waals surface area contributed by atoms with Crippen LogP contribution in [0.15, 0.2) is 24.3 Å². The van der Waals surface area contributed by atoms with Crippen LogP contribution in [-0.2, 0) is 6.42 Å². The van der Waals surface area contributed by atoms with Crippen molar-refractivity contribution in [1.29, 1.82) is 0 Å². The molecule has 18 heavy (non-hydrogen) atoms. The molecule has 0 bridgehead atoms. The van der Waals surface area contributed by atoms with Crippen LogP contribution in [0.5, 0.6) is 0 Å². The Morgan fingerprint density at radius 2 is 1.94 bits per heavy atom. The third-order valence-corrected chi connectivity index (χ3v) is 4.55. The van der Waals surface area contributed by atoms with E-state index in [1.54, 1.807) is 5.56 Å². The van der Waals surface area contributed by atoms with Crippen molar-refractivity contribution >= 4 is 5.69 Å². The first-order chi connectivity index (χ1) is 8.88. The predicted molar refractivity (Wildman–Crippen MR) is 77.2 cm³/mol. The zero-order valence-electron chi connectivity index (χ0n) is 11.4. The molecule has 1 aliphatic carbocycles. The topological polar surface area (TPSA) is 15.3 Å². The lowest BCUT2D eigenvalue weighted by Gasteiger charge is -2.36. The summed E-state index contributed by atoms with van der Waals surface area (Å²) < 4.78 is 0. The molecule has 98 valence electrons. The van der Waals surface area contributed by atoms with Crippen LogP contribution in [-0.4, -0.2) is 25.2 Å². The standard InChI is InChI=1S/C16H24N2/c1-2-17-14-7-9-15(10-8-14)18-12-11-13-5-3-4-6-16(13)18/h3-6,14-15,17H,2,7-12H2,1H3. The van der Waals surface area contributed by atoms with Crippen LogP contribution in [0.1, 0.15) is 38.2 Å². The third-order valence-electron chi connectivity index (χ3n) is 4.55. The van der Waals surface area contributed by atoms with Gasteiger partial charge in [-0.05, 0) is 50.3 Å². The summed E-state index contributed by atoms with van der Waals surface area (Å²) in [5, 5.41) is 3.60. The number of hydrogen-bond donors (Lipinski definition) is 1. The number of para-hydroxylation sites is 1. The minimum absolute atomic E-state index is 0.768. The number of nitrogens with zero attached hydrogens (tertiary/aromatic N) is 1. The predicted octanol–water partition coefficient (Wildman–Crippen LogP) is 2.97. The Bertz CT molecular complexity index is 394. The summed E-state index contributed by atoms with van der Waals surface area (Å²) in [5.74, 6) is 0. The maximum atomic E-state index is 3.60. The van der Waals surface area contributed by atoms with Crippen molar-refractivity contribution in [2.24, 2.45) is 0 Å². The van der Waals surface area contributed by atoms with Gasteiger partial charge in [-0.15, -0.1) is 0 Å². The van der Waals surface area contributed by atoms with Crippen molar-refractivity contribution in [1.82, 2.24) is 5.32 Å². The van der Waals surface area contributed by atoms with Gasteiger partial charge in [-0.2, -0.15) is 0 Å². The van der Waals surface area contributed by atoms with E-state index in [4.69, 9.17) is 0 Å². The molecule has 1 aliphatic heterocycles. The lowest BCUT2D eigenvalue weighted by molar-refractivity contribution is 0.338. The minimum Gasteiger partial charge on any atom is -0.368 e. The zero-order valence-corrected chi connectivity index (χ0v) is 11.4. The van der Waals surface area contributed by atoms with Crippen LogP contribution in [0.25, 0.3) is 0 Å². The maximum absolute atomic E-state index is 3.60. The molecule has 2 nitrogen and oxygen atoms in total. The molecular weight excluding hydrogens is 220 g/mol. The van der Waals surface area contributed by atoms with E-state index < -0.39 is 0 Å². The van der Waals surface area contributed by atoms with Gasteiger partial charge in [-0.25, -0.2) is 0 Å². The van der Waals surface area contributed by atoms with Gasteiger partial charge in [0.1, 0.15) is 0 Å². The van der Waals surface area contributed by atoms with Crippen molar-refractivity contribution in [2.75, 3.05) is 18.0 Å². The lowest BCUT2D eigenvalue weighted by atomic mass is 9.90. The Labute approximate surface area is 110 Å². The molecule has 3 rings (SSSR count). The molecule has 0 atom stereocenters. The average molecular weight is 244 g/mol. The van der Waals surface area contributed by atoms with Crippen LogP contribution in [0, 0.1) is 0 Å². The van der Waals surface area contributed by atoms with Gasteiger partial charge in [0.2, 0.25) is 0 Å². The van der Waals surface area contributed by atoms with E-state index >= 15 is 0 Å². The highest BCUT2D eigenvalue weighted by molar-refractivity contribution is 5.58. The Kier molecular flexibility index (Phi) is 3.55. The number of nitrogens with one attached hydrogen (secondary N) is 1. The quantitative estimate of drug-likeness (QED) is 0.879. The van der Waals surface area contributed by atoms with E-state index in [-0.39, 0.29) is 0 Å². The van der Waals surface area contributed by atoms with Crippen LogP contribution in [0.4, 0.5) is 5.69 Å². The smallest absolute Gasteiger partial charge is 0.0402 e. The van der Waals surface area contributed by atoms with Gasteiger partial charge in [0.05, 0.1) is 0 Å². The van der Waals surface area contributed by atoms with Gasteiger partial charge in [0, 0.05) is 24.3 Å². The van der Waals surface area contributed by atoms with E-state index in [9.17, 15) is 0 Å². The third kappa shape index (κ3) is 2.26. The molecule has 0 unspecified atom stereocenters. The summed E-state index contributed by atoms with van der Waals surface area (Å²) in [6, 6.07) is 10.5. The SMILES string of the molecule is CCNC1CCC(N2CCc3ccccc32)CC1. The largest absolute Gasteiger partial charge is 0.368 e. The number of benzene rings is 1. The highest BCUT2D eigenvalue weighted by Crippen LogP contribution is 2.34. The first-order valence-corrected chi connectivity index (χ1v) is 7.46. The maximum Gasteiger partial charge on any atom is 0.0402 e. The first-order valence-electron chi connectivity index (χ1n) is 7.46. The summed E-state index contributed by atoms with van der Waals surface area (Å²) in [6.07, 6.45) is 6.63. The molecule has 1 aromatic rings. The second kappa shape index (κ2) is 5.31. The second-order valence-electron chi connectivity index (χ2n) is 5.64. The molecule has 1 heterocycles. The Hall–Kier alpha value is -1.02. The highest BCUT2D eigenvalue weighted by atomic mass is 15.2. The van der Waals surface area contributed by atoms with Gasteiger partial charge in [0.25, 0.3) is 0 Å². The van der Waals surface area contributed by atoms with Gasteiger partial charge >= 0.3 is 0 Å². The van der Waals surface area contributed by atoms with Gasteiger partial charge in [-0.3, -0.25) is 0 Å². The summed E-state index contributed by atoms with van der Waals surface area (Å²) in [4.78, 5) is 2.66. The molecule has 2 aliphatic rings. The Morgan fingerprint density at radius 3 is 2.72 bits per heavy atom. The average Bonchev–Trinajstić information content (AvgIpc) is 2.84. The van der Waals surface area contributed by atoms with Crippen molar-refractivity contribution in [3.63, 3.8) is 0 Å². The number of hydrogen-bond acceptors (Lipinski definition) is 2. The molecular formula is C16H24N2. The first kappa shape index (κ1) is 12.0. The second-order valence-corrected chi connectivity index (χ2v) is 5.64. The summed E-state index contributed by atoms with van der Waals surface area (Å²) in [6.45, 7) is 4.56. The van der Waals surface area contributed by atoms with Crippen LogP contribution >= 0.6 is 0 Å². The number of anilines is 1. The van der Waals surface area contributed by atoms with Crippen molar-refractivity contribution in [2.45, 2.75) is 51.1 Å². The van der Waals surface area contributed by atoms with E-state index in [1.807, 2.05) is 0 Å². The molecule has 1 fully saturated rings. The van der Waals surface area contributed by atoms with Crippen molar-refractivity contribution in [3.05, 3.63) is 29.8 Å². The van der Waals surface area contributed by atoms with Gasteiger partial charge in [-0.1, -0.05) is 25.1 Å². The Morgan fingerprint density at radius 1 is 1.17 bits per heavy atom. The van der Waals surface area contributed by atoms with Crippen LogP contribution in [0.3, 0.4) is 0 Å². The molecule has 0 saturated heterocycles. The van der Waals surface area contributed by atoms with E-state index in [0.717, 1.165) is 18.6 Å². The Balaban J connectivity index is 1.64. The molecule has 0 aromatic heterocycles. The fourth-order valence-electron chi connectivity index (χ4n) is 3.62. The molecule has 0 spiro atoms. The van der Waals surface area contributed by atoms with Crippen LogP contribution < -0.4 is 10.2 Å². The minimum atomic E-state index is 0.768. The van der Waals surface area contributed by atoms with E-state index in [2.05, 4.69) is 41.4 Å². The summed E-state index contributed by atoms with van der Waals surface area (Å²) in [7, 11) is 0. The van der Waals surface area contributed by atoms with Crippen molar-refractivity contribution < 1.29 is 0 Å². The molecule has 2 heteroatoms. The van der Waals surface area contributed by atoms with Crippen molar-refractivity contribution in [3.8, 4) is 0 Å². The zero-order chi connectivity index (χ0) is 12.4. The lowest BCUT2D eigenvalue weighted by Crippen LogP contribution is -2.41. The fraction of sp³-hybridized carbons (Fsp3) is 0.625. The van der Waals surface area contributed by atoms with Gasteiger partial charge in [0.15, 0.2) is 0 Å². The molecule has 1 aromatic carbocycles. The summed E-state index contributed by atoms with van der Waals surface area (Å²) in [5.41, 5.74) is 3.05. The molecule has 0 amide bonds. The fourth-order valence-corrected chi connectivity index (χ4v) is 3.62. The summed E-state index contributed by atoms with van der Waals surface area (Å²) >= 11 is 0. The van der Waals surface area contributed by atoms with E-state index in [1.165, 1.54) is 44.3 Å². The normalized spacial score (nSPS) is 27.3. The number of rotatable bonds is 3. The van der Waals surface area contributed by atoms with Gasteiger partial charge < -0.3 is 10.2 Å². The monoisotopic (exact) mass is 244 g/mol. The molecule has 1 saturated carbocycles. The highest BCUT2D eigenvalue weighted by Gasteiger charge is 2.29. The molecule has 1 N–H and O–H groups in total. The number of fused-ring (bicyclic) bond motifs is 1. The van der Waals surface area contributed by atoms with E-state index in [0.29, 0.717) is 0 Å². The van der Waals surface area contributed by atoms with Crippen LogP contribution in [0.2, 0.25) is 0 Å². The molecule has 0 radical (unpaired) electrons.